The van der Waals surface area contributed by atoms with Gasteiger partial charge in [-0.2, -0.15) is 0 Å². The van der Waals surface area contributed by atoms with Gasteiger partial charge in [-0.15, -0.1) is 0 Å². The summed E-state index contributed by atoms with van der Waals surface area (Å²) in [6.07, 6.45) is 6.32. The summed E-state index contributed by atoms with van der Waals surface area (Å²) < 4.78 is 7.32. The fraction of sp³-hybridized carbons (Fsp3) is 0.422. The van der Waals surface area contributed by atoms with E-state index in [-0.39, 0.29) is 35.7 Å². The van der Waals surface area contributed by atoms with E-state index in [1.807, 2.05) is 49.3 Å². The lowest BCUT2D eigenvalue weighted by Crippen LogP contribution is -2.51. The number of carbonyl (C=O) groups is 3. The number of amides is 3. The van der Waals surface area contributed by atoms with Gasteiger partial charge in [0, 0.05) is 49.1 Å². The highest BCUT2D eigenvalue weighted by Gasteiger charge is 2.54. The summed E-state index contributed by atoms with van der Waals surface area (Å²) in [4.78, 5) is 66.7. The predicted octanol–water partition coefficient (Wildman–Crippen LogP) is 5.08. The Bertz CT molecular complexity index is 2460. The van der Waals surface area contributed by atoms with Crippen molar-refractivity contribution in [1.29, 1.82) is 0 Å². The van der Waals surface area contributed by atoms with E-state index in [0.29, 0.717) is 108 Å². The third-order valence-corrected chi connectivity index (χ3v) is 12.3. The topological polar surface area (TPSA) is 159 Å². The zero-order chi connectivity index (χ0) is 41.3. The Hall–Kier alpha value is -5.37. The van der Waals surface area contributed by atoms with Crippen molar-refractivity contribution in [2.24, 2.45) is 5.92 Å². The average Bonchev–Trinajstić information content (AvgIpc) is 3.95. The Morgan fingerprint density at radius 1 is 0.983 bits per heavy atom. The minimum atomic E-state index is -1.18. The van der Waals surface area contributed by atoms with Crippen LogP contribution in [0.1, 0.15) is 76.9 Å². The Balaban J connectivity index is 0.869. The zero-order valence-corrected chi connectivity index (χ0v) is 34.3. The van der Waals surface area contributed by atoms with Gasteiger partial charge in [0.25, 0.3) is 17.4 Å². The van der Waals surface area contributed by atoms with Gasteiger partial charge in [0.05, 0.1) is 63.3 Å². The number of halogens is 1. The second-order valence-corrected chi connectivity index (χ2v) is 17.0. The summed E-state index contributed by atoms with van der Waals surface area (Å²) in [7, 11) is 4.03. The fourth-order valence-electron chi connectivity index (χ4n) is 8.40. The Kier molecular flexibility index (Phi) is 11.4. The van der Waals surface area contributed by atoms with Gasteiger partial charge in [-0.3, -0.25) is 23.7 Å². The average molecular weight is 820 g/mol. The Morgan fingerprint density at radius 3 is 2.49 bits per heavy atom. The molecule has 8 rings (SSSR count). The van der Waals surface area contributed by atoms with Crippen LogP contribution in [0.3, 0.4) is 0 Å². The van der Waals surface area contributed by atoms with E-state index >= 15 is 0 Å². The first kappa shape index (κ1) is 40.4. The normalized spacial score (nSPS) is 17.0. The number of rotatable bonds is 15. The molecule has 2 aliphatic heterocycles. The second kappa shape index (κ2) is 16.7. The van der Waals surface area contributed by atoms with Gasteiger partial charge in [0.2, 0.25) is 5.91 Å². The summed E-state index contributed by atoms with van der Waals surface area (Å²) in [5.41, 5.74) is 1.83. The van der Waals surface area contributed by atoms with Gasteiger partial charge < -0.3 is 30.3 Å². The molecule has 1 unspecified atom stereocenters. The molecule has 1 aliphatic carbocycles. The van der Waals surface area contributed by atoms with Crippen molar-refractivity contribution in [2.75, 3.05) is 46.9 Å². The first-order valence-corrected chi connectivity index (χ1v) is 20.9. The molecule has 3 amide bonds. The molecular weight excluding hydrogens is 770 g/mol. The Morgan fingerprint density at radius 2 is 1.75 bits per heavy atom. The molecule has 1 atom stereocenters. The molecule has 3 aliphatic rings. The van der Waals surface area contributed by atoms with Crippen molar-refractivity contribution in [3.05, 3.63) is 111 Å². The van der Waals surface area contributed by atoms with Crippen LogP contribution in [0.4, 0.5) is 0 Å². The molecule has 308 valence electrons. The number of fused-ring (bicyclic) bond motifs is 4. The monoisotopic (exact) mass is 819 g/mol. The molecule has 1 saturated heterocycles. The number of aliphatic hydroxyl groups is 1. The fourth-order valence-corrected chi connectivity index (χ4v) is 8.73. The molecule has 5 aromatic rings. The summed E-state index contributed by atoms with van der Waals surface area (Å²) in [6.45, 7) is 2.64. The number of piperidine rings is 1. The summed E-state index contributed by atoms with van der Waals surface area (Å²) in [6, 6.07) is 20.3. The summed E-state index contributed by atoms with van der Waals surface area (Å²) >= 11 is 6.67. The SMILES string of the molecule is CN(C)CCCOc1ccc2c(=O)n(CC3(O)CCN(C(=O)C(CCCNC(=O)c4ccc5c(Cl)c6c(nc5c4)C4(CC4)NC6=O)Cc4ccccc4)CC3)cnc2c1. The number of carbonyl (C=O) groups excluding carboxylic acids is 3. The van der Waals surface area contributed by atoms with Crippen molar-refractivity contribution in [1.82, 2.24) is 35.0 Å². The number of ether oxygens (including phenoxy) is 1. The summed E-state index contributed by atoms with van der Waals surface area (Å²) in [5, 5.41) is 19.1. The van der Waals surface area contributed by atoms with E-state index in [1.54, 1.807) is 36.4 Å². The Labute approximate surface area is 347 Å². The van der Waals surface area contributed by atoms with Crippen LogP contribution in [0.5, 0.6) is 5.75 Å². The number of hydrogen-bond acceptors (Lipinski definition) is 9. The lowest BCUT2D eigenvalue weighted by Gasteiger charge is -2.39. The predicted molar refractivity (Wildman–Crippen MR) is 226 cm³/mol. The number of nitrogens with one attached hydrogen (secondary N) is 2. The molecule has 0 radical (unpaired) electrons. The van der Waals surface area contributed by atoms with E-state index in [9.17, 15) is 24.3 Å². The van der Waals surface area contributed by atoms with Crippen LogP contribution >= 0.6 is 11.6 Å². The molecule has 1 saturated carbocycles. The molecular formula is C45H50ClN7O6. The first-order chi connectivity index (χ1) is 28.4. The number of likely N-dealkylation sites (tertiary alicyclic amines) is 1. The molecule has 13 nitrogen and oxygen atoms in total. The largest absolute Gasteiger partial charge is 0.493 e. The minimum absolute atomic E-state index is 0.0120. The van der Waals surface area contributed by atoms with Gasteiger partial charge in [-0.25, -0.2) is 9.97 Å². The highest BCUT2D eigenvalue weighted by atomic mass is 35.5. The number of aromatic nitrogens is 3. The second-order valence-electron chi connectivity index (χ2n) is 16.6. The van der Waals surface area contributed by atoms with Crippen molar-refractivity contribution in [2.45, 2.75) is 69.1 Å². The third kappa shape index (κ3) is 8.69. The van der Waals surface area contributed by atoms with Crippen LogP contribution in [0, 0.1) is 5.92 Å². The smallest absolute Gasteiger partial charge is 0.261 e. The number of nitrogens with zero attached hydrogens (tertiary/aromatic N) is 5. The lowest BCUT2D eigenvalue weighted by molar-refractivity contribution is -0.140. The van der Waals surface area contributed by atoms with Crippen LogP contribution < -0.4 is 20.9 Å². The highest BCUT2D eigenvalue weighted by molar-refractivity contribution is 6.39. The molecule has 14 heteroatoms. The zero-order valence-electron chi connectivity index (χ0n) is 33.5. The molecule has 2 aromatic heterocycles. The maximum atomic E-state index is 14.1. The van der Waals surface area contributed by atoms with E-state index in [0.717, 1.165) is 31.4 Å². The number of hydrogen-bond donors (Lipinski definition) is 3. The standard InChI is InChI=1S/C45H50ClN7O6/c1-51(2)20-7-23-59-32-12-14-34-35(26-32)48-28-53(43(34)57)27-44(58)17-21-52(22-18-44)42(56)31(24-29-8-4-3-5-9-29)10-6-19-47-40(54)30-11-13-33-36(25-30)49-39-37(38(33)46)41(55)50-45(39)15-16-45/h3-5,8-9,11-14,25-26,28,31,58H,6-7,10,15-24,27H2,1-2H3,(H,47,54)(H,50,55). The van der Waals surface area contributed by atoms with E-state index in [2.05, 4.69) is 20.5 Å². The van der Waals surface area contributed by atoms with Crippen molar-refractivity contribution in [3.63, 3.8) is 0 Å². The van der Waals surface area contributed by atoms with Crippen molar-refractivity contribution < 1.29 is 24.2 Å². The molecule has 2 fully saturated rings. The van der Waals surface area contributed by atoms with E-state index in [4.69, 9.17) is 21.3 Å². The highest BCUT2D eigenvalue weighted by Crippen LogP contribution is 2.51. The van der Waals surface area contributed by atoms with Crippen LogP contribution in [-0.4, -0.2) is 99.6 Å². The molecule has 59 heavy (non-hydrogen) atoms. The van der Waals surface area contributed by atoms with Crippen LogP contribution in [0.25, 0.3) is 21.8 Å². The maximum absolute atomic E-state index is 14.1. The lowest BCUT2D eigenvalue weighted by atomic mass is 9.88. The maximum Gasteiger partial charge on any atom is 0.261 e. The third-order valence-electron chi connectivity index (χ3n) is 11.9. The van der Waals surface area contributed by atoms with Gasteiger partial charge in [0.15, 0.2) is 0 Å². The minimum Gasteiger partial charge on any atom is -0.493 e. The summed E-state index contributed by atoms with van der Waals surface area (Å²) in [5.74, 6) is -0.116. The van der Waals surface area contributed by atoms with Crippen LogP contribution in [0.2, 0.25) is 5.02 Å². The van der Waals surface area contributed by atoms with Gasteiger partial charge in [0.1, 0.15) is 5.75 Å². The quantitative estimate of drug-likeness (QED) is 0.123. The van der Waals surface area contributed by atoms with Gasteiger partial charge in [-0.1, -0.05) is 48.0 Å². The van der Waals surface area contributed by atoms with E-state index in [1.165, 1.54) is 10.9 Å². The van der Waals surface area contributed by atoms with Crippen molar-refractivity contribution >= 4 is 51.1 Å². The van der Waals surface area contributed by atoms with E-state index < -0.39 is 11.1 Å². The molecule has 4 heterocycles. The van der Waals surface area contributed by atoms with Gasteiger partial charge >= 0.3 is 0 Å². The number of benzene rings is 3. The molecule has 0 bridgehead atoms. The first-order valence-electron chi connectivity index (χ1n) is 20.5. The van der Waals surface area contributed by atoms with Gasteiger partial charge in [-0.05, 0) is 95.3 Å². The molecule has 1 spiro atoms. The van der Waals surface area contributed by atoms with Crippen LogP contribution in [-0.2, 0) is 23.3 Å². The number of pyridine rings is 1. The molecule has 3 aromatic carbocycles. The van der Waals surface area contributed by atoms with Crippen molar-refractivity contribution in [3.8, 4) is 5.75 Å². The van der Waals surface area contributed by atoms with Crippen LogP contribution in [0.15, 0.2) is 77.9 Å². The molecule has 3 N–H and O–H groups in total.